The number of fused-ring (bicyclic) bond motifs is 1. The van der Waals surface area contributed by atoms with Crippen LogP contribution in [-0.4, -0.2) is 44.2 Å². The molecule has 1 atom stereocenters. The van der Waals surface area contributed by atoms with E-state index in [1.165, 1.54) is 11.1 Å². The third-order valence-corrected chi connectivity index (χ3v) is 6.18. The molecule has 5 heteroatoms. The Labute approximate surface area is 165 Å². The van der Waals surface area contributed by atoms with Crippen molar-refractivity contribution in [3.8, 4) is 0 Å². The lowest BCUT2D eigenvalue weighted by molar-refractivity contribution is 0.0289. The van der Waals surface area contributed by atoms with E-state index in [9.17, 15) is 0 Å². The SMILES string of the molecule is Clc1ccc(N2CCN(CCC3OCCc4ccccc43)CC2)cc1Cl. The maximum absolute atomic E-state index is 6.16. The molecule has 138 valence electrons. The molecule has 3 nitrogen and oxygen atoms in total. The number of hydrogen-bond acceptors (Lipinski definition) is 3. The smallest absolute Gasteiger partial charge is 0.0839 e. The van der Waals surface area contributed by atoms with Gasteiger partial charge in [0.2, 0.25) is 0 Å². The Morgan fingerprint density at radius 2 is 1.77 bits per heavy atom. The molecule has 0 spiro atoms. The number of benzene rings is 2. The second-order valence-corrected chi connectivity index (χ2v) is 7.84. The summed E-state index contributed by atoms with van der Waals surface area (Å²) in [6.07, 6.45) is 2.34. The van der Waals surface area contributed by atoms with Gasteiger partial charge in [0.25, 0.3) is 0 Å². The molecule has 0 bridgehead atoms. The summed E-state index contributed by atoms with van der Waals surface area (Å²) in [6, 6.07) is 14.6. The molecule has 2 aromatic carbocycles. The molecule has 0 aromatic heterocycles. The van der Waals surface area contributed by atoms with Gasteiger partial charge in [-0.05, 0) is 42.2 Å². The summed E-state index contributed by atoms with van der Waals surface area (Å²) in [5.41, 5.74) is 3.99. The van der Waals surface area contributed by atoms with Gasteiger partial charge in [0.1, 0.15) is 0 Å². The van der Waals surface area contributed by atoms with E-state index in [0.717, 1.165) is 57.9 Å². The Morgan fingerprint density at radius 1 is 0.962 bits per heavy atom. The van der Waals surface area contributed by atoms with Crippen molar-refractivity contribution in [3.05, 3.63) is 63.6 Å². The van der Waals surface area contributed by atoms with E-state index in [4.69, 9.17) is 27.9 Å². The van der Waals surface area contributed by atoms with E-state index in [0.29, 0.717) is 10.0 Å². The Balaban J connectivity index is 1.30. The van der Waals surface area contributed by atoms with E-state index < -0.39 is 0 Å². The first kappa shape index (κ1) is 18.1. The van der Waals surface area contributed by atoms with Crippen molar-refractivity contribution in [1.82, 2.24) is 4.90 Å². The third kappa shape index (κ3) is 4.01. The second-order valence-electron chi connectivity index (χ2n) is 7.02. The number of rotatable bonds is 4. The van der Waals surface area contributed by atoms with Crippen LogP contribution in [0.15, 0.2) is 42.5 Å². The second kappa shape index (κ2) is 8.18. The number of piperazine rings is 1. The third-order valence-electron chi connectivity index (χ3n) is 5.44. The van der Waals surface area contributed by atoms with E-state index >= 15 is 0 Å². The van der Waals surface area contributed by atoms with Gasteiger partial charge in [-0.15, -0.1) is 0 Å². The van der Waals surface area contributed by atoms with Crippen molar-refractivity contribution in [2.75, 3.05) is 44.2 Å². The van der Waals surface area contributed by atoms with Crippen LogP contribution in [0, 0.1) is 0 Å². The van der Waals surface area contributed by atoms with Gasteiger partial charge < -0.3 is 9.64 Å². The van der Waals surface area contributed by atoms with Gasteiger partial charge in [-0.25, -0.2) is 0 Å². The minimum atomic E-state index is 0.244. The van der Waals surface area contributed by atoms with Crippen LogP contribution in [-0.2, 0) is 11.2 Å². The molecule has 0 aliphatic carbocycles. The zero-order valence-corrected chi connectivity index (χ0v) is 16.3. The molecule has 2 aliphatic rings. The molecule has 2 aromatic rings. The highest BCUT2D eigenvalue weighted by atomic mass is 35.5. The fraction of sp³-hybridized carbons (Fsp3) is 0.429. The summed E-state index contributed by atoms with van der Waals surface area (Å²) in [5.74, 6) is 0. The molecule has 2 heterocycles. The lowest BCUT2D eigenvalue weighted by atomic mass is 9.95. The van der Waals surface area contributed by atoms with E-state index in [2.05, 4.69) is 40.1 Å². The zero-order chi connectivity index (χ0) is 17.9. The quantitative estimate of drug-likeness (QED) is 0.743. The van der Waals surface area contributed by atoms with Gasteiger partial charge in [0, 0.05) is 38.4 Å². The van der Waals surface area contributed by atoms with Crippen LogP contribution in [0.5, 0.6) is 0 Å². The highest BCUT2D eigenvalue weighted by Crippen LogP contribution is 2.30. The summed E-state index contributed by atoms with van der Waals surface area (Å²) < 4.78 is 6.05. The molecule has 0 N–H and O–H groups in total. The van der Waals surface area contributed by atoms with Crippen molar-refractivity contribution >= 4 is 28.9 Å². The largest absolute Gasteiger partial charge is 0.373 e. The van der Waals surface area contributed by atoms with Crippen LogP contribution in [0.1, 0.15) is 23.7 Å². The van der Waals surface area contributed by atoms with E-state index in [1.54, 1.807) is 0 Å². The van der Waals surface area contributed by atoms with Gasteiger partial charge in [-0.1, -0.05) is 47.5 Å². The molecule has 4 rings (SSSR count). The molecule has 1 saturated heterocycles. The summed E-state index contributed by atoms with van der Waals surface area (Å²) in [7, 11) is 0. The number of ether oxygens (including phenoxy) is 1. The highest BCUT2D eigenvalue weighted by Gasteiger charge is 2.23. The van der Waals surface area contributed by atoms with Crippen molar-refractivity contribution < 1.29 is 4.74 Å². The average molecular weight is 391 g/mol. The predicted octanol–water partition coefficient (Wildman–Crippen LogP) is 4.82. The summed E-state index contributed by atoms with van der Waals surface area (Å²) in [4.78, 5) is 4.92. The fourth-order valence-electron chi connectivity index (χ4n) is 3.93. The standard InChI is InChI=1S/C21H24Cl2N2O/c22-19-6-5-17(15-20(19)23)25-12-10-24(11-13-25)9-7-21-18-4-2-1-3-16(18)8-14-26-21/h1-6,15,21H,7-14H2. The normalized spacial score (nSPS) is 20.8. The maximum Gasteiger partial charge on any atom is 0.0839 e. The van der Waals surface area contributed by atoms with Crippen LogP contribution >= 0.6 is 23.2 Å². The Hall–Kier alpha value is -1.26. The maximum atomic E-state index is 6.16. The summed E-state index contributed by atoms with van der Waals surface area (Å²) in [5, 5.41) is 1.24. The van der Waals surface area contributed by atoms with Gasteiger partial charge in [-0.3, -0.25) is 4.90 Å². The molecular weight excluding hydrogens is 367 g/mol. The summed E-state index contributed by atoms with van der Waals surface area (Å²) >= 11 is 12.2. The average Bonchev–Trinajstić information content (AvgIpc) is 2.69. The van der Waals surface area contributed by atoms with E-state index in [-0.39, 0.29) is 6.10 Å². The molecule has 0 amide bonds. The molecule has 0 saturated carbocycles. The van der Waals surface area contributed by atoms with Gasteiger partial charge in [-0.2, -0.15) is 0 Å². The van der Waals surface area contributed by atoms with Gasteiger partial charge in [0.05, 0.1) is 22.8 Å². The monoisotopic (exact) mass is 390 g/mol. The van der Waals surface area contributed by atoms with Crippen molar-refractivity contribution in [1.29, 1.82) is 0 Å². The number of hydrogen-bond donors (Lipinski definition) is 0. The minimum absolute atomic E-state index is 0.244. The lowest BCUT2D eigenvalue weighted by Crippen LogP contribution is -2.47. The summed E-state index contributed by atoms with van der Waals surface area (Å²) in [6.45, 7) is 6.07. The molecule has 1 unspecified atom stereocenters. The van der Waals surface area contributed by atoms with E-state index in [1.807, 2.05) is 12.1 Å². The Bertz CT molecular complexity index is 759. The molecule has 26 heavy (non-hydrogen) atoms. The van der Waals surface area contributed by atoms with Crippen LogP contribution in [0.2, 0.25) is 10.0 Å². The first-order chi connectivity index (χ1) is 12.7. The number of nitrogens with zero attached hydrogens (tertiary/aromatic N) is 2. The van der Waals surface area contributed by atoms with Crippen molar-refractivity contribution in [3.63, 3.8) is 0 Å². The van der Waals surface area contributed by atoms with Gasteiger partial charge >= 0.3 is 0 Å². The topological polar surface area (TPSA) is 15.7 Å². The van der Waals surface area contributed by atoms with Crippen LogP contribution in [0.4, 0.5) is 5.69 Å². The number of anilines is 1. The number of halogens is 2. The molecule has 0 radical (unpaired) electrons. The van der Waals surface area contributed by atoms with Crippen LogP contribution in [0.25, 0.3) is 0 Å². The van der Waals surface area contributed by atoms with Gasteiger partial charge in [0.15, 0.2) is 0 Å². The zero-order valence-electron chi connectivity index (χ0n) is 14.8. The fourth-order valence-corrected chi connectivity index (χ4v) is 4.22. The Kier molecular flexibility index (Phi) is 5.70. The van der Waals surface area contributed by atoms with Crippen molar-refractivity contribution in [2.24, 2.45) is 0 Å². The van der Waals surface area contributed by atoms with Crippen LogP contribution < -0.4 is 4.90 Å². The predicted molar refractivity (Wildman–Crippen MR) is 109 cm³/mol. The molecule has 1 fully saturated rings. The molecular formula is C21H24Cl2N2O. The van der Waals surface area contributed by atoms with Crippen molar-refractivity contribution in [2.45, 2.75) is 18.9 Å². The minimum Gasteiger partial charge on any atom is -0.373 e. The lowest BCUT2D eigenvalue weighted by Gasteiger charge is -2.37. The first-order valence-electron chi connectivity index (χ1n) is 9.32. The highest BCUT2D eigenvalue weighted by molar-refractivity contribution is 6.42. The molecule has 2 aliphatic heterocycles. The van der Waals surface area contributed by atoms with Crippen LogP contribution in [0.3, 0.4) is 0 Å². The first-order valence-corrected chi connectivity index (χ1v) is 10.1. The Morgan fingerprint density at radius 3 is 2.58 bits per heavy atom.